The number of ether oxygens (including phenoxy) is 1. The molecule has 0 bridgehead atoms. The molecule has 2 N–H and O–H groups in total. The van der Waals surface area contributed by atoms with Crippen LogP contribution in [0.4, 0.5) is 4.79 Å². The minimum absolute atomic E-state index is 0.0613. The number of phenolic OH excluding ortho intramolecular Hbond substituents is 1. The number of nitrogens with zero attached hydrogens (tertiary/aromatic N) is 1. The minimum Gasteiger partial charge on any atom is -0.507 e. The summed E-state index contributed by atoms with van der Waals surface area (Å²) in [4.78, 5) is 25.0. The monoisotopic (exact) mass is 342 g/mol. The number of halogens is 1. The van der Waals surface area contributed by atoms with Crippen LogP contribution in [0.3, 0.4) is 0 Å². The van der Waals surface area contributed by atoms with Crippen LogP contribution >= 0.6 is 15.9 Å². The Bertz CT molecular complexity index is 535. The van der Waals surface area contributed by atoms with Crippen molar-refractivity contribution in [2.24, 2.45) is 0 Å². The number of carbonyl (C=O) groups excluding carboxylic acids is 2. The quantitative estimate of drug-likeness (QED) is 0.857. The number of likely N-dealkylation sites (tertiary alicyclic amines) is 1. The average Bonchev–Trinajstić information content (AvgIpc) is 2.86. The first-order chi connectivity index (χ1) is 9.51. The molecule has 1 aliphatic heterocycles. The van der Waals surface area contributed by atoms with Gasteiger partial charge in [0.15, 0.2) is 0 Å². The van der Waals surface area contributed by atoms with Crippen LogP contribution in [-0.4, -0.2) is 48.2 Å². The number of rotatable bonds is 2. The molecule has 7 heteroatoms. The Morgan fingerprint density at radius 3 is 2.90 bits per heavy atom. The van der Waals surface area contributed by atoms with E-state index in [9.17, 15) is 14.7 Å². The highest BCUT2D eigenvalue weighted by Gasteiger charge is 2.29. The van der Waals surface area contributed by atoms with E-state index in [-0.39, 0.29) is 23.3 Å². The highest BCUT2D eigenvalue weighted by Crippen LogP contribution is 2.25. The van der Waals surface area contributed by atoms with Crippen molar-refractivity contribution in [1.82, 2.24) is 10.2 Å². The van der Waals surface area contributed by atoms with Gasteiger partial charge in [-0.2, -0.15) is 0 Å². The number of carbonyl (C=O) groups is 2. The van der Waals surface area contributed by atoms with E-state index in [1.807, 2.05) is 0 Å². The minimum atomic E-state index is -0.504. The van der Waals surface area contributed by atoms with Crippen LogP contribution in [0.1, 0.15) is 16.8 Å². The SMILES string of the molecule is COC(=O)NC1CCN(C(=O)c2ccc(Br)cc2O)C1. The highest BCUT2D eigenvalue weighted by atomic mass is 79.9. The van der Waals surface area contributed by atoms with E-state index in [1.165, 1.54) is 13.2 Å². The molecule has 1 aromatic rings. The van der Waals surface area contributed by atoms with Gasteiger partial charge < -0.3 is 20.1 Å². The third kappa shape index (κ3) is 3.22. The fourth-order valence-corrected chi connectivity index (χ4v) is 2.49. The normalized spacial score (nSPS) is 17.9. The number of phenols is 1. The van der Waals surface area contributed by atoms with Crippen molar-refractivity contribution in [2.75, 3.05) is 20.2 Å². The zero-order chi connectivity index (χ0) is 14.7. The van der Waals surface area contributed by atoms with Gasteiger partial charge in [-0.3, -0.25) is 4.79 Å². The molecule has 0 aromatic heterocycles. The molecule has 1 saturated heterocycles. The van der Waals surface area contributed by atoms with Crippen molar-refractivity contribution >= 4 is 27.9 Å². The standard InChI is InChI=1S/C13H15BrN2O4/c1-20-13(19)15-9-4-5-16(7-9)12(18)10-3-2-8(14)6-11(10)17/h2-3,6,9,17H,4-5,7H2,1H3,(H,15,19). The Hall–Kier alpha value is -1.76. The number of hydrogen-bond donors (Lipinski definition) is 2. The summed E-state index contributed by atoms with van der Waals surface area (Å²) in [7, 11) is 1.30. The maximum Gasteiger partial charge on any atom is 0.407 e. The molecule has 20 heavy (non-hydrogen) atoms. The molecule has 0 saturated carbocycles. The second kappa shape index (κ2) is 6.13. The second-order valence-electron chi connectivity index (χ2n) is 4.53. The van der Waals surface area contributed by atoms with Gasteiger partial charge in [0, 0.05) is 17.6 Å². The number of benzene rings is 1. The molecule has 0 spiro atoms. The van der Waals surface area contributed by atoms with Crippen molar-refractivity contribution < 1.29 is 19.4 Å². The molecule has 1 unspecified atom stereocenters. The van der Waals surface area contributed by atoms with Gasteiger partial charge in [-0.1, -0.05) is 15.9 Å². The first-order valence-corrected chi connectivity index (χ1v) is 6.93. The Morgan fingerprint density at radius 1 is 1.50 bits per heavy atom. The van der Waals surface area contributed by atoms with Crippen LogP contribution in [0.2, 0.25) is 0 Å². The van der Waals surface area contributed by atoms with Gasteiger partial charge >= 0.3 is 6.09 Å². The van der Waals surface area contributed by atoms with Crippen LogP contribution in [0.5, 0.6) is 5.75 Å². The Kier molecular flexibility index (Phi) is 4.49. The van der Waals surface area contributed by atoms with Crippen LogP contribution in [0, 0.1) is 0 Å². The van der Waals surface area contributed by atoms with Gasteiger partial charge in [-0.05, 0) is 24.6 Å². The van der Waals surface area contributed by atoms with Crippen molar-refractivity contribution in [3.05, 3.63) is 28.2 Å². The van der Waals surface area contributed by atoms with Crippen molar-refractivity contribution in [3.8, 4) is 5.75 Å². The van der Waals surface area contributed by atoms with E-state index < -0.39 is 6.09 Å². The van der Waals surface area contributed by atoms with E-state index >= 15 is 0 Å². The summed E-state index contributed by atoms with van der Waals surface area (Å²) in [5.41, 5.74) is 0.256. The van der Waals surface area contributed by atoms with Gasteiger partial charge in [0.2, 0.25) is 0 Å². The van der Waals surface area contributed by atoms with Crippen LogP contribution < -0.4 is 5.32 Å². The van der Waals surface area contributed by atoms with Crippen LogP contribution in [0.25, 0.3) is 0 Å². The number of hydrogen-bond acceptors (Lipinski definition) is 4. The van der Waals surface area contributed by atoms with Crippen molar-refractivity contribution in [2.45, 2.75) is 12.5 Å². The van der Waals surface area contributed by atoms with E-state index in [0.717, 1.165) is 0 Å². The van der Waals surface area contributed by atoms with Gasteiger partial charge in [-0.25, -0.2) is 4.79 Å². The van der Waals surface area contributed by atoms with Gasteiger partial charge in [0.25, 0.3) is 5.91 Å². The lowest BCUT2D eigenvalue weighted by Gasteiger charge is -2.17. The summed E-state index contributed by atoms with van der Waals surface area (Å²) in [6.07, 6.45) is 0.161. The molecule has 1 aliphatic rings. The first-order valence-electron chi connectivity index (χ1n) is 6.13. The maximum atomic E-state index is 12.3. The lowest BCUT2D eigenvalue weighted by Crippen LogP contribution is -2.38. The smallest absolute Gasteiger partial charge is 0.407 e. The molecular formula is C13H15BrN2O4. The summed E-state index contributed by atoms with van der Waals surface area (Å²) < 4.78 is 5.23. The number of alkyl carbamates (subject to hydrolysis) is 1. The number of methoxy groups -OCH3 is 1. The molecule has 2 rings (SSSR count). The summed E-state index contributed by atoms with van der Waals surface area (Å²) in [5, 5.41) is 12.5. The molecule has 1 aromatic carbocycles. The van der Waals surface area contributed by atoms with Crippen molar-refractivity contribution in [1.29, 1.82) is 0 Å². The van der Waals surface area contributed by atoms with E-state index in [1.54, 1.807) is 17.0 Å². The molecule has 0 aliphatic carbocycles. The average molecular weight is 343 g/mol. The van der Waals surface area contributed by atoms with E-state index in [2.05, 4.69) is 26.0 Å². The third-order valence-electron chi connectivity index (χ3n) is 3.17. The zero-order valence-corrected chi connectivity index (χ0v) is 12.5. The molecule has 6 nitrogen and oxygen atoms in total. The van der Waals surface area contributed by atoms with Crippen molar-refractivity contribution in [3.63, 3.8) is 0 Å². The molecule has 1 atom stereocenters. The van der Waals surface area contributed by atoms with Crippen LogP contribution in [-0.2, 0) is 4.74 Å². The Balaban J connectivity index is 2.02. The lowest BCUT2D eigenvalue weighted by molar-refractivity contribution is 0.0785. The second-order valence-corrected chi connectivity index (χ2v) is 5.45. The summed E-state index contributed by atoms with van der Waals surface area (Å²) in [6.45, 7) is 0.937. The Morgan fingerprint density at radius 2 is 2.25 bits per heavy atom. The fraction of sp³-hybridized carbons (Fsp3) is 0.385. The predicted molar refractivity (Wildman–Crippen MR) is 75.7 cm³/mol. The van der Waals surface area contributed by atoms with Gasteiger partial charge in [-0.15, -0.1) is 0 Å². The third-order valence-corrected chi connectivity index (χ3v) is 3.67. The molecule has 0 radical (unpaired) electrons. The fourth-order valence-electron chi connectivity index (χ4n) is 2.14. The lowest BCUT2D eigenvalue weighted by atomic mass is 10.2. The van der Waals surface area contributed by atoms with Gasteiger partial charge in [0.1, 0.15) is 5.75 Å². The molecule has 1 fully saturated rings. The number of amides is 2. The molecule has 108 valence electrons. The molecule has 1 heterocycles. The molecule has 2 amide bonds. The largest absolute Gasteiger partial charge is 0.507 e. The first kappa shape index (κ1) is 14.6. The number of nitrogens with one attached hydrogen (secondary N) is 1. The summed E-state index contributed by atoms with van der Waals surface area (Å²) >= 11 is 3.23. The summed E-state index contributed by atoms with van der Waals surface area (Å²) in [6, 6.07) is 4.63. The van der Waals surface area contributed by atoms with Crippen LogP contribution in [0.15, 0.2) is 22.7 Å². The van der Waals surface area contributed by atoms with Gasteiger partial charge in [0.05, 0.1) is 18.7 Å². The Labute approximate surface area is 124 Å². The molecular weight excluding hydrogens is 328 g/mol. The highest BCUT2D eigenvalue weighted by molar-refractivity contribution is 9.10. The predicted octanol–water partition coefficient (Wildman–Crippen LogP) is 1.73. The zero-order valence-electron chi connectivity index (χ0n) is 10.9. The van der Waals surface area contributed by atoms with E-state index in [0.29, 0.717) is 24.0 Å². The maximum absolute atomic E-state index is 12.3. The van der Waals surface area contributed by atoms with E-state index in [4.69, 9.17) is 0 Å². The number of aromatic hydroxyl groups is 1. The topological polar surface area (TPSA) is 78.9 Å². The summed E-state index contributed by atoms with van der Waals surface area (Å²) in [5.74, 6) is -0.307.